The molecule has 6 heteroatoms. The molecule has 0 aliphatic heterocycles. The van der Waals surface area contributed by atoms with Gasteiger partial charge in [-0.1, -0.05) is 6.07 Å². The number of imidazole rings is 1. The van der Waals surface area contributed by atoms with E-state index < -0.39 is 0 Å². The molecule has 0 unspecified atom stereocenters. The molecule has 0 aromatic carbocycles. The third-order valence-corrected chi connectivity index (χ3v) is 4.44. The van der Waals surface area contributed by atoms with Crippen LogP contribution < -0.4 is 5.32 Å². The largest absolute Gasteiger partial charge is 0.343 e. The minimum Gasteiger partial charge on any atom is -0.343 e. The number of thiophene rings is 1. The summed E-state index contributed by atoms with van der Waals surface area (Å²) in [5, 5.41) is 5.13. The van der Waals surface area contributed by atoms with Crippen LogP contribution in [0.15, 0.2) is 60.8 Å². The van der Waals surface area contributed by atoms with E-state index in [9.17, 15) is 4.79 Å². The Kier molecular flexibility index (Phi) is 4.29. The highest BCUT2D eigenvalue weighted by molar-refractivity contribution is 7.10. The van der Waals surface area contributed by atoms with Crippen LogP contribution in [0.2, 0.25) is 0 Å². The average molecular weight is 312 g/mol. The first kappa shape index (κ1) is 14.5. The lowest BCUT2D eigenvalue weighted by Crippen LogP contribution is -2.34. The van der Waals surface area contributed by atoms with Crippen molar-refractivity contribution >= 4 is 17.2 Å². The molecule has 5 nitrogen and oxygen atoms in total. The van der Waals surface area contributed by atoms with Crippen LogP contribution in [-0.4, -0.2) is 20.4 Å². The summed E-state index contributed by atoms with van der Waals surface area (Å²) < 4.78 is 1.79. The van der Waals surface area contributed by atoms with Crippen molar-refractivity contribution in [2.24, 2.45) is 0 Å². The Balaban J connectivity index is 1.83. The smallest absolute Gasteiger partial charge is 0.243 e. The number of nitrogens with zero attached hydrogens (tertiary/aromatic N) is 3. The number of carbonyl (C=O) groups excluding carboxylic acids is 1. The topological polar surface area (TPSA) is 59.8 Å². The Labute approximate surface area is 132 Å². The molecule has 22 heavy (non-hydrogen) atoms. The summed E-state index contributed by atoms with van der Waals surface area (Å²) in [5.41, 5.74) is 1.02. The molecule has 3 aromatic rings. The molecule has 3 heterocycles. The van der Waals surface area contributed by atoms with Crippen LogP contribution in [0.1, 0.15) is 29.4 Å². The first-order chi connectivity index (χ1) is 10.8. The van der Waals surface area contributed by atoms with Gasteiger partial charge in [0, 0.05) is 29.7 Å². The maximum absolute atomic E-state index is 12.5. The van der Waals surface area contributed by atoms with Gasteiger partial charge in [0.15, 0.2) is 0 Å². The van der Waals surface area contributed by atoms with Gasteiger partial charge in [-0.2, -0.15) is 0 Å². The van der Waals surface area contributed by atoms with Gasteiger partial charge in [-0.25, -0.2) is 4.98 Å². The minimum atomic E-state index is -0.313. The second kappa shape index (κ2) is 6.53. The Hall–Kier alpha value is -2.47. The van der Waals surface area contributed by atoms with Crippen LogP contribution in [-0.2, 0) is 4.79 Å². The van der Waals surface area contributed by atoms with Crippen molar-refractivity contribution in [1.82, 2.24) is 19.9 Å². The van der Waals surface area contributed by atoms with E-state index >= 15 is 0 Å². The molecule has 1 amide bonds. The summed E-state index contributed by atoms with van der Waals surface area (Å²) in [5.74, 6) is -0.0480. The Morgan fingerprint density at radius 1 is 1.23 bits per heavy atom. The van der Waals surface area contributed by atoms with Gasteiger partial charge < -0.3 is 9.88 Å². The van der Waals surface area contributed by atoms with E-state index in [-0.39, 0.29) is 18.0 Å². The summed E-state index contributed by atoms with van der Waals surface area (Å²) in [4.78, 5) is 21.7. The van der Waals surface area contributed by atoms with Gasteiger partial charge in [-0.3, -0.25) is 9.78 Å². The number of hydrogen-bond acceptors (Lipinski definition) is 4. The number of aromatic nitrogens is 3. The zero-order valence-electron chi connectivity index (χ0n) is 12.1. The molecule has 3 rings (SSSR count). The normalized spacial score (nSPS) is 13.5. The van der Waals surface area contributed by atoms with Gasteiger partial charge in [0.2, 0.25) is 5.91 Å². The molecular weight excluding hydrogens is 296 g/mol. The zero-order valence-corrected chi connectivity index (χ0v) is 12.9. The predicted molar refractivity (Wildman–Crippen MR) is 85.5 cm³/mol. The highest BCUT2D eigenvalue weighted by atomic mass is 32.1. The van der Waals surface area contributed by atoms with E-state index in [2.05, 4.69) is 15.3 Å². The third kappa shape index (κ3) is 3.07. The highest BCUT2D eigenvalue weighted by Crippen LogP contribution is 2.26. The molecule has 0 aliphatic rings. The number of pyridine rings is 1. The minimum absolute atomic E-state index is 0.0480. The van der Waals surface area contributed by atoms with Crippen molar-refractivity contribution in [3.8, 4) is 0 Å². The molecule has 0 radical (unpaired) electrons. The van der Waals surface area contributed by atoms with Gasteiger partial charge in [-0.05, 0) is 36.1 Å². The lowest BCUT2D eigenvalue weighted by Gasteiger charge is -2.21. The summed E-state index contributed by atoms with van der Waals surface area (Å²) in [6, 6.07) is 7.38. The zero-order chi connectivity index (χ0) is 15.4. The van der Waals surface area contributed by atoms with Crippen molar-refractivity contribution in [1.29, 1.82) is 0 Å². The Morgan fingerprint density at radius 2 is 2.05 bits per heavy atom. The molecule has 0 bridgehead atoms. The standard InChI is InChI=1S/C16H16N4OS/c1-12(20-9-8-18-11-20)16(21)19-15(14-3-2-10-22-14)13-4-6-17-7-5-13/h2-12,15H,1H3,(H,19,21)/t12-,15+/m0/s1. The lowest BCUT2D eigenvalue weighted by atomic mass is 10.1. The predicted octanol–water partition coefficient (Wildman–Crippen LogP) is 2.81. The SMILES string of the molecule is C[C@@H](C(=O)N[C@H](c1ccncc1)c1cccs1)n1ccnc1. The van der Waals surface area contributed by atoms with Gasteiger partial charge in [0.25, 0.3) is 0 Å². The fourth-order valence-corrected chi connectivity index (χ4v) is 3.03. The van der Waals surface area contributed by atoms with E-state index in [1.54, 1.807) is 47.0 Å². The molecule has 1 N–H and O–H groups in total. The lowest BCUT2D eigenvalue weighted by molar-refractivity contribution is -0.124. The molecule has 112 valence electrons. The maximum Gasteiger partial charge on any atom is 0.243 e. The fraction of sp³-hybridized carbons (Fsp3) is 0.188. The van der Waals surface area contributed by atoms with E-state index in [0.29, 0.717) is 0 Å². The summed E-state index contributed by atoms with van der Waals surface area (Å²) >= 11 is 1.62. The molecular formula is C16H16N4OS. The van der Waals surface area contributed by atoms with Crippen molar-refractivity contribution in [2.75, 3.05) is 0 Å². The van der Waals surface area contributed by atoms with E-state index in [4.69, 9.17) is 0 Å². The van der Waals surface area contributed by atoms with Gasteiger partial charge in [0.1, 0.15) is 6.04 Å². The summed E-state index contributed by atoms with van der Waals surface area (Å²) in [6.07, 6.45) is 8.58. The van der Waals surface area contributed by atoms with Crippen LogP contribution in [0.25, 0.3) is 0 Å². The third-order valence-electron chi connectivity index (χ3n) is 3.51. The monoisotopic (exact) mass is 312 g/mol. The number of hydrogen-bond donors (Lipinski definition) is 1. The van der Waals surface area contributed by atoms with Gasteiger partial charge in [-0.15, -0.1) is 11.3 Å². The second-order valence-electron chi connectivity index (χ2n) is 4.92. The van der Waals surface area contributed by atoms with E-state index in [0.717, 1.165) is 10.4 Å². The number of nitrogens with one attached hydrogen (secondary N) is 1. The van der Waals surface area contributed by atoms with E-state index in [1.165, 1.54) is 0 Å². The van der Waals surface area contributed by atoms with Crippen LogP contribution in [0.5, 0.6) is 0 Å². The Bertz CT molecular complexity index is 710. The van der Waals surface area contributed by atoms with Crippen LogP contribution in [0, 0.1) is 0 Å². The number of amides is 1. The quantitative estimate of drug-likeness (QED) is 0.788. The molecule has 0 saturated heterocycles. The van der Waals surface area contributed by atoms with Crippen molar-refractivity contribution < 1.29 is 4.79 Å². The second-order valence-corrected chi connectivity index (χ2v) is 5.90. The summed E-state index contributed by atoms with van der Waals surface area (Å²) in [7, 11) is 0. The molecule has 3 aromatic heterocycles. The van der Waals surface area contributed by atoms with Crippen LogP contribution in [0.4, 0.5) is 0 Å². The van der Waals surface area contributed by atoms with Crippen molar-refractivity contribution in [2.45, 2.75) is 19.0 Å². The van der Waals surface area contributed by atoms with Gasteiger partial charge >= 0.3 is 0 Å². The van der Waals surface area contributed by atoms with Crippen molar-refractivity contribution in [3.05, 3.63) is 71.2 Å². The average Bonchev–Trinajstić information content (AvgIpc) is 3.25. The summed E-state index contributed by atoms with van der Waals surface area (Å²) in [6.45, 7) is 1.86. The Morgan fingerprint density at radius 3 is 2.68 bits per heavy atom. The van der Waals surface area contributed by atoms with Crippen molar-refractivity contribution in [3.63, 3.8) is 0 Å². The fourth-order valence-electron chi connectivity index (χ4n) is 2.23. The highest BCUT2D eigenvalue weighted by Gasteiger charge is 2.21. The van der Waals surface area contributed by atoms with Crippen LogP contribution in [0.3, 0.4) is 0 Å². The van der Waals surface area contributed by atoms with Crippen LogP contribution >= 0.6 is 11.3 Å². The molecule has 0 aliphatic carbocycles. The maximum atomic E-state index is 12.5. The molecule has 0 saturated carbocycles. The first-order valence-corrected chi connectivity index (χ1v) is 7.85. The molecule has 2 atom stereocenters. The first-order valence-electron chi connectivity index (χ1n) is 6.97. The molecule has 0 spiro atoms. The van der Waals surface area contributed by atoms with E-state index in [1.807, 2.05) is 36.6 Å². The van der Waals surface area contributed by atoms with Gasteiger partial charge in [0.05, 0.1) is 12.4 Å². The number of rotatable bonds is 5. The molecule has 0 fully saturated rings. The number of carbonyl (C=O) groups is 1.